The van der Waals surface area contributed by atoms with E-state index in [4.69, 9.17) is 4.98 Å². The number of hydrogen-bond donors (Lipinski definition) is 1. The van der Waals surface area contributed by atoms with E-state index in [1.54, 1.807) is 0 Å². The molecule has 1 N–H and O–H groups in total. The topological polar surface area (TPSA) is 28.2 Å². The number of rotatable bonds is 15. The Kier molecular flexibility index (Phi) is 12.7. The highest BCUT2D eigenvalue weighted by molar-refractivity contribution is 5.11. The molecule has 138 valence electrons. The summed E-state index contributed by atoms with van der Waals surface area (Å²) in [5.41, 5.74) is 2.31. The molecule has 3 nitrogen and oxygen atoms in total. The zero-order chi connectivity index (χ0) is 17.5. The van der Waals surface area contributed by atoms with Crippen molar-refractivity contribution in [3.05, 3.63) is 29.6 Å². The van der Waals surface area contributed by atoms with Crippen LogP contribution in [0.15, 0.2) is 18.2 Å². The molecule has 0 aliphatic rings. The molecule has 0 bridgehead atoms. The summed E-state index contributed by atoms with van der Waals surface area (Å²) in [7, 11) is 4.16. The fraction of sp³-hybridized carbons (Fsp3) is 0.762. The Balaban J connectivity index is 1.95. The predicted molar refractivity (Wildman–Crippen MR) is 105 cm³/mol. The van der Waals surface area contributed by atoms with Gasteiger partial charge in [-0.15, -0.1) is 0 Å². The normalized spacial score (nSPS) is 11.3. The minimum atomic E-state index is 0.888. The van der Waals surface area contributed by atoms with E-state index in [9.17, 15) is 0 Å². The maximum atomic E-state index is 4.70. The standard InChI is InChI=1S/C21H39N3/c1-4-5-6-7-8-9-10-11-12-13-17-22-18-20-15-14-16-21(23-20)19-24(2)3/h14-16,22H,4-13,17-19H2,1-3H3. The van der Waals surface area contributed by atoms with Gasteiger partial charge in [0.2, 0.25) is 0 Å². The van der Waals surface area contributed by atoms with E-state index < -0.39 is 0 Å². The lowest BCUT2D eigenvalue weighted by Gasteiger charge is -2.10. The average Bonchev–Trinajstić information content (AvgIpc) is 2.55. The summed E-state index contributed by atoms with van der Waals surface area (Å²) in [5.74, 6) is 0. The molecule has 0 atom stereocenters. The number of nitrogens with one attached hydrogen (secondary N) is 1. The van der Waals surface area contributed by atoms with Gasteiger partial charge in [0.15, 0.2) is 0 Å². The molecule has 0 saturated carbocycles. The zero-order valence-corrected chi connectivity index (χ0v) is 16.3. The summed E-state index contributed by atoms with van der Waals surface area (Å²) in [4.78, 5) is 6.85. The van der Waals surface area contributed by atoms with E-state index in [1.165, 1.54) is 64.2 Å². The molecule has 0 unspecified atom stereocenters. The van der Waals surface area contributed by atoms with Gasteiger partial charge in [0.1, 0.15) is 0 Å². The van der Waals surface area contributed by atoms with Crippen molar-refractivity contribution in [2.75, 3.05) is 20.6 Å². The molecule has 0 radical (unpaired) electrons. The van der Waals surface area contributed by atoms with Crippen molar-refractivity contribution in [1.82, 2.24) is 15.2 Å². The Bertz CT molecular complexity index is 404. The number of unbranched alkanes of at least 4 members (excludes halogenated alkanes) is 9. The lowest BCUT2D eigenvalue weighted by molar-refractivity contribution is 0.396. The maximum Gasteiger partial charge on any atom is 0.0547 e. The van der Waals surface area contributed by atoms with Gasteiger partial charge in [-0.25, -0.2) is 0 Å². The van der Waals surface area contributed by atoms with Gasteiger partial charge in [-0.05, 0) is 39.2 Å². The first kappa shape index (κ1) is 21.1. The maximum absolute atomic E-state index is 4.70. The lowest BCUT2D eigenvalue weighted by atomic mass is 10.1. The first-order valence-corrected chi connectivity index (χ1v) is 10.0. The third kappa shape index (κ3) is 11.6. The Hall–Kier alpha value is -0.930. The molecule has 0 aromatic carbocycles. The highest BCUT2D eigenvalue weighted by atomic mass is 15.1. The van der Waals surface area contributed by atoms with Crippen molar-refractivity contribution >= 4 is 0 Å². The SMILES string of the molecule is CCCCCCCCCCCCNCc1cccc(CN(C)C)n1. The van der Waals surface area contributed by atoms with Gasteiger partial charge in [-0.2, -0.15) is 0 Å². The van der Waals surface area contributed by atoms with E-state index in [0.29, 0.717) is 0 Å². The first-order valence-electron chi connectivity index (χ1n) is 10.0. The highest BCUT2D eigenvalue weighted by Crippen LogP contribution is 2.10. The number of nitrogens with zero attached hydrogens (tertiary/aromatic N) is 2. The van der Waals surface area contributed by atoms with Gasteiger partial charge in [-0.3, -0.25) is 4.98 Å². The molecule has 0 saturated heterocycles. The second kappa shape index (κ2) is 14.4. The fourth-order valence-electron chi connectivity index (χ4n) is 2.99. The van der Waals surface area contributed by atoms with Crippen LogP contribution in [0, 0.1) is 0 Å². The summed E-state index contributed by atoms with van der Waals surface area (Å²) in [6, 6.07) is 6.33. The summed E-state index contributed by atoms with van der Waals surface area (Å²) in [5, 5.41) is 3.53. The van der Waals surface area contributed by atoms with Gasteiger partial charge in [-0.1, -0.05) is 70.8 Å². The van der Waals surface area contributed by atoms with Crippen LogP contribution in [0.5, 0.6) is 0 Å². The van der Waals surface area contributed by atoms with E-state index in [0.717, 1.165) is 31.0 Å². The number of aromatic nitrogens is 1. The van der Waals surface area contributed by atoms with E-state index in [1.807, 2.05) is 0 Å². The highest BCUT2D eigenvalue weighted by Gasteiger charge is 1.99. The molecule has 1 aromatic rings. The van der Waals surface area contributed by atoms with Crippen LogP contribution in [0.4, 0.5) is 0 Å². The smallest absolute Gasteiger partial charge is 0.0547 e. The molecule has 1 heterocycles. The van der Waals surface area contributed by atoms with Crippen LogP contribution in [-0.2, 0) is 13.1 Å². The Morgan fingerprint density at radius 2 is 1.42 bits per heavy atom. The molecule has 3 heteroatoms. The van der Waals surface area contributed by atoms with Crippen LogP contribution in [-0.4, -0.2) is 30.5 Å². The summed E-state index contributed by atoms with van der Waals surface area (Å²) in [6.07, 6.45) is 14.0. The van der Waals surface area contributed by atoms with E-state index in [2.05, 4.69) is 49.4 Å². The quantitative estimate of drug-likeness (QED) is 0.450. The second-order valence-electron chi connectivity index (χ2n) is 7.22. The molecule has 0 aliphatic heterocycles. The van der Waals surface area contributed by atoms with Gasteiger partial charge in [0.05, 0.1) is 11.4 Å². The minimum absolute atomic E-state index is 0.888. The molecule has 0 aliphatic carbocycles. The van der Waals surface area contributed by atoms with Gasteiger partial charge in [0, 0.05) is 13.1 Å². The molecule has 0 spiro atoms. The Morgan fingerprint density at radius 3 is 2.04 bits per heavy atom. The third-order valence-corrected chi connectivity index (χ3v) is 4.36. The van der Waals surface area contributed by atoms with E-state index in [-0.39, 0.29) is 0 Å². The Labute approximate surface area is 150 Å². The van der Waals surface area contributed by atoms with Crippen LogP contribution in [0.25, 0.3) is 0 Å². The molecule has 0 amide bonds. The largest absolute Gasteiger partial charge is 0.311 e. The van der Waals surface area contributed by atoms with Gasteiger partial charge in [0.25, 0.3) is 0 Å². The number of hydrogen-bond acceptors (Lipinski definition) is 3. The molecule has 1 rings (SSSR count). The van der Waals surface area contributed by atoms with E-state index >= 15 is 0 Å². The molecule has 0 fully saturated rings. The zero-order valence-electron chi connectivity index (χ0n) is 16.3. The van der Waals surface area contributed by atoms with Crippen molar-refractivity contribution in [3.63, 3.8) is 0 Å². The molecule has 24 heavy (non-hydrogen) atoms. The fourth-order valence-corrected chi connectivity index (χ4v) is 2.99. The monoisotopic (exact) mass is 333 g/mol. The lowest BCUT2D eigenvalue weighted by Crippen LogP contribution is -2.17. The van der Waals surface area contributed by atoms with Crippen LogP contribution in [0.1, 0.15) is 82.5 Å². The average molecular weight is 334 g/mol. The summed E-state index contributed by atoms with van der Waals surface area (Å²) in [6.45, 7) is 5.19. The van der Waals surface area contributed by atoms with Crippen LogP contribution >= 0.6 is 0 Å². The molecular weight excluding hydrogens is 294 g/mol. The predicted octanol–water partition coefficient (Wildman–Crippen LogP) is 5.15. The van der Waals surface area contributed by atoms with Crippen molar-refractivity contribution in [2.24, 2.45) is 0 Å². The molecule has 1 aromatic heterocycles. The first-order chi connectivity index (χ1) is 11.7. The van der Waals surface area contributed by atoms with Crippen LogP contribution in [0.2, 0.25) is 0 Å². The van der Waals surface area contributed by atoms with Crippen molar-refractivity contribution in [1.29, 1.82) is 0 Å². The van der Waals surface area contributed by atoms with Crippen molar-refractivity contribution in [3.8, 4) is 0 Å². The van der Waals surface area contributed by atoms with Gasteiger partial charge >= 0.3 is 0 Å². The third-order valence-electron chi connectivity index (χ3n) is 4.36. The second-order valence-corrected chi connectivity index (χ2v) is 7.22. The molecular formula is C21H39N3. The Morgan fingerprint density at radius 1 is 0.833 bits per heavy atom. The minimum Gasteiger partial charge on any atom is -0.311 e. The van der Waals surface area contributed by atoms with Gasteiger partial charge < -0.3 is 10.2 Å². The van der Waals surface area contributed by atoms with Crippen molar-refractivity contribution in [2.45, 2.75) is 84.2 Å². The van der Waals surface area contributed by atoms with Crippen molar-refractivity contribution < 1.29 is 0 Å². The van der Waals surface area contributed by atoms with Crippen LogP contribution < -0.4 is 5.32 Å². The number of pyridine rings is 1. The summed E-state index contributed by atoms with van der Waals surface area (Å²) < 4.78 is 0. The van der Waals surface area contributed by atoms with Crippen LogP contribution in [0.3, 0.4) is 0 Å². The summed E-state index contributed by atoms with van der Waals surface area (Å²) >= 11 is 0.